The van der Waals surface area contributed by atoms with E-state index in [1.54, 1.807) is 54.6 Å². The highest BCUT2D eigenvalue weighted by atomic mass is 19.1. The molecule has 0 bridgehead atoms. The Morgan fingerprint density at radius 3 is 2.39 bits per heavy atom. The highest BCUT2D eigenvalue weighted by Crippen LogP contribution is 2.16. The van der Waals surface area contributed by atoms with E-state index in [2.05, 4.69) is 20.9 Å². The third-order valence-electron chi connectivity index (χ3n) is 3.88. The quantitative estimate of drug-likeness (QED) is 0.604. The molecule has 7 heteroatoms. The summed E-state index contributed by atoms with van der Waals surface area (Å²) in [5.41, 5.74) is 2.06. The number of hydrogen-bond donors (Lipinski definition) is 3. The van der Waals surface area contributed by atoms with E-state index >= 15 is 0 Å². The molecular formula is C21H19FN4O2. The molecule has 3 aromatic rings. The van der Waals surface area contributed by atoms with Crippen LogP contribution in [0.5, 0.6) is 0 Å². The molecule has 0 aliphatic heterocycles. The Morgan fingerprint density at radius 2 is 1.71 bits per heavy atom. The van der Waals surface area contributed by atoms with Gasteiger partial charge in [0.15, 0.2) is 0 Å². The van der Waals surface area contributed by atoms with Gasteiger partial charge in [0, 0.05) is 36.6 Å². The minimum Gasteiger partial charge on any atom is -0.366 e. The van der Waals surface area contributed by atoms with Crippen LogP contribution in [0.1, 0.15) is 22.8 Å². The van der Waals surface area contributed by atoms with Crippen LogP contribution >= 0.6 is 0 Å². The minimum absolute atomic E-state index is 0.189. The molecule has 1 aromatic heterocycles. The molecule has 0 saturated carbocycles. The van der Waals surface area contributed by atoms with Crippen molar-refractivity contribution in [2.45, 2.75) is 13.5 Å². The maximum atomic E-state index is 13.6. The molecule has 28 heavy (non-hydrogen) atoms. The lowest BCUT2D eigenvalue weighted by molar-refractivity contribution is -0.114. The zero-order chi connectivity index (χ0) is 19.9. The summed E-state index contributed by atoms with van der Waals surface area (Å²) in [6.07, 6.45) is 1.44. The maximum Gasteiger partial charge on any atom is 0.257 e. The van der Waals surface area contributed by atoms with Gasteiger partial charge in [-0.2, -0.15) is 0 Å². The number of aromatic nitrogens is 1. The molecule has 0 unspecified atom stereocenters. The Labute approximate surface area is 161 Å². The van der Waals surface area contributed by atoms with Crippen LogP contribution in [0.4, 0.5) is 21.6 Å². The predicted molar refractivity (Wildman–Crippen MR) is 107 cm³/mol. The SMILES string of the molecule is CC(=O)Nc1cccc(NC(=O)c2ccc(NCc3ccccc3F)nc2)c1. The van der Waals surface area contributed by atoms with Crippen molar-refractivity contribution in [2.75, 3.05) is 16.0 Å². The topological polar surface area (TPSA) is 83.1 Å². The van der Waals surface area contributed by atoms with Crippen molar-refractivity contribution >= 4 is 29.0 Å². The lowest BCUT2D eigenvalue weighted by atomic mass is 10.2. The normalized spacial score (nSPS) is 10.2. The lowest BCUT2D eigenvalue weighted by Gasteiger charge is -2.09. The number of nitrogens with zero attached hydrogens (tertiary/aromatic N) is 1. The number of hydrogen-bond acceptors (Lipinski definition) is 4. The van der Waals surface area contributed by atoms with Crippen molar-refractivity contribution < 1.29 is 14.0 Å². The largest absolute Gasteiger partial charge is 0.366 e. The van der Waals surface area contributed by atoms with Gasteiger partial charge in [0.05, 0.1) is 5.56 Å². The van der Waals surface area contributed by atoms with Gasteiger partial charge in [0.25, 0.3) is 5.91 Å². The van der Waals surface area contributed by atoms with Crippen molar-refractivity contribution in [3.63, 3.8) is 0 Å². The van der Waals surface area contributed by atoms with Gasteiger partial charge in [-0.05, 0) is 36.4 Å². The first-order valence-electron chi connectivity index (χ1n) is 8.63. The number of rotatable bonds is 6. The molecule has 0 saturated heterocycles. The third-order valence-corrected chi connectivity index (χ3v) is 3.88. The highest BCUT2D eigenvalue weighted by molar-refractivity contribution is 6.04. The first-order valence-corrected chi connectivity index (χ1v) is 8.63. The molecule has 2 amide bonds. The predicted octanol–water partition coefficient (Wildman–Crippen LogP) is 4.04. The van der Waals surface area contributed by atoms with E-state index in [0.29, 0.717) is 34.9 Å². The Bertz CT molecular complexity index is 990. The van der Waals surface area contributed by atoms with Crippen LogP contribution in [0, 0.1) is 5.82 Å². The van der Waals surface area contributed by atoms with Crippen LogP contribution in [-0.2, 0) is 11.3 Å². The molecule has 0 radical (unpaired) electrons. The minimum atomic E-state index is -0.326. The monoisotopic (exact) mass is 378 g/mol. The van der Waals surface area contributed by atoms with Crippen LogP contribution in [-0.4, -0.2) is 16.8 Å². The number of carbonyl (C=O) groups is 2. The molecule has 0 spiro atoms. The van der Waals surface area contributed by atoms with Crippen LogP contribution in [0.15, 0.2) is 66.9 Å². The molecule has 0 aliphatic carbocycles. The molecule has 0 atom stereocenters. The Hall–Kier alpha value is -3.74. The first-order chi connectivity index (χ1) is 13.5. The van der Waals surface area contributed by atoms with Gasteiger partial charge in [-0.3, -0.25) is 9.59 Å². The number of carbonyl (C=O) groups excluding carboxylic acids is 2. The maximum absolute atomic E-state index is 13.6. The summed E-state index contributed by atoms with van der Waals surface area (Å²) >= 11 is 0. The van der Waals surface area contributed by atoms with Gasteiger partial charge in [-0.1, -0.05) is 24.3 Å². The molecule has 142 valence electrons. The average molecular weight is 378 g/mol. The van der Waals surface area contributed by atoms with E-state index in [1.807, 2.05) is 0 Å². The molecule has 0 fully saturated rings. The number of pyridine rings is 1. The summed E-state index contributed by atoms with van der Waals surface area (Å²) in [6.45, 7) is 1.71. The van der Waals surface area contributed by atoms with Crippen molar-refractivity contribution in [2.24, 2.45) is 0 Å². The second kappa shape index (κ2) is 8.77. The summed E-state index contributed by atoms with van der Waals surface area (Å²) in [5.74, 6) is -0.265. The van der Waals surface area contributed by atoms with Gasteiger partial charge in [-0.15, -0.1) is 0 Å². The fraction of sp³-hybridized carbons (Fsp3) is 0.0952. The summed E-state index contributed by atoms with van der Waals surface area (Å²) in [5, 5.41) is 8.44. The van der Waals surface area contributed by atoms with E-state index < -0.39 is 0 Å². The molecule has 3 N–H and O–H groups in total. The van der Waals surface area contributed by atoms with Gasteiger partial charge >= 0.3 is 0 Å². The van der Waals surface area contributed by atoms with Crippen molar-refractivity contribution in [1.29, 1.82) is 0 Å². The Morgan fingerprint density at radius 1 is 0.964 bits per heavy atom. The van der Waals surface area contributed by atoms with Gasteiger partial charge < -0.3 is 16.0 Å². The van der Waals surface area contributed by atoms with Gasteiger partial charge in [0.1, 0.15) is 11.6 Å². The number of anilines is 3. The smallest absolute Gasteiger partial charge is 0.257 e. The lowest BCUT2D eigenvalue weighted by Crippen LogP contribution is -2.13. The number of amides is 2. The van der Waals surface area contributed by atoms with Crippen molar-refractivity contribution in [1.82, 2.24) is 4.98 Å². The molecule has 1 heterocycles. The van der Waals surface area contributed by atoms with Crippen LogP contribution < -0.4 is 16.0 Å². The zero-order valence-electron chi connectivity index (χ0n) is 15.2. The highest BCUT2D eigenvalue weighted by Gasteiger charge is 2.08. The van der Waals surface area contributed by atoms with E-state index in [1.165, 1.54) is 19.2 Å². The average Bonchev–Trinajstić information content (AvgIpc) is 2.67. The van der Waals surface area contributed by atoms with Gasteiger partial charge in [0.2, 0.25) is 5.91 Å². The van der Waals surface area contributed by atoms with Crippen molar-refractivity contribution in [3.05, 3.63) is 83.8 Å². The standard InChI is InChI=1S/C21H19FN4O2/c1-14(27)25-17-6-4-7-18(11-17)26-21(28)16-9-10-20(24-13-16)23-12-15-5-2-3-8-19(15)22/h2-11,13H,12H2,1H3,(H,23,24)(H,25,27)(H,26,28). The van der Waals surface area contributed by atoms with Crippen LogP contribution in [0.25, 0.3) is 0 Å². The number of benzene rings is 2. The van der Waals surface area contributed by atoms with E-state index in [-0.39, 0.29) is 17.6 Å². The summed E-state index contributed by atoms with van der Waals surface area (Å²) < 4.78 is 13.6. The fourth-order valence-electron chi connectivity index (χ4n) is 2.54. The zero-order valence-corrected chi connectivity index (χ0v) is 15.2. The Kier molecular flexibility index (Phi) is 5.96. The molecule has 0 aliphatic rings. The van der Waals surface area contributed by atoms with Crippen LogP contribution in [0.3, 0.4) is 0 Å². The second-order valence-corrected chi connectivity index (χ2v) is 6.09. The number of halogens is 1. The summed E-state index contributed by atoms with van der Waals surface area (Å²) in [4.78, 5) is 27.7. The molecule has 6 nitrogen and oxygen atoms in total. The van der Waals surface area contributed by atoms with E-state index in [9.17, 15) is 14.0 Å². The van der Waals surface area contributed by atoms with E-state index in [4.69, 9.17) is 0 Å². The van der Waals surface area contributed by atoms with Gasteiger partial charge in [-0.25, -0.2) is 9.37 Å². The van der Waals surface area contributed by atoms with Crippen molar-refractivity contribution in [3.8, 4) is 0 Å². The second-order valence-electron chi connectivity index (χ2n) is 6.09. The summed E-state index contributed by atoms with van der Waals surface area (Å²) in [7, 11) is 0. The molecule has 2 aromatic carbocycles. The Balaban J connectivity index is 1.61. The fourth-order valence-corrected chi connectivity index (χ4v) is 2.54. The first kappa shape index (κ1) is 19.0. The third kappa shape index (κ3) is 5.14. The number of nitrogens with one attached hydrogen (secondary N) is 3. The molecular weight excluding hydrogens is 359 g/mol. The van der Waals surface area contributed by atoms with Crippen LogP contribution in [0.2, 0.25) is 0 Å². The molecule has 3 rings (SSSR count). The summed E-state index contributed by atoms with van der Waals surface area (Å²) in [6, 6.07) is 16.6. The van der Waals surface area contributed by atoms with E-state index in [0.717, 1.165) is 0 Å².